The second kappa shape index (κ2) is 7.35. The van der Waals surface area contributed by atoms with E-state index in [4.69, 9.17) is 9.72 Å². The third-order valence-corrected chi connectivity index (χ3v) is 5.62. The van der Waals surface area contributed by atoms with Gasteiger partial charge in [0, 0.05) is 33.7 Å². The molecule has 1 amide bonds. The highest BCUT2D eigenvalue weighted by atomic mass is 16.5. The minimum absolute atomic E-state index is 0.0391. The molecule has 1 unspecified atom stereocenters. The van der Waals surface area contributed by atoms with Gasteiger partial charge in [-0.25, -0.2) is 4.98 Å². The van der Waals surface area contributed by atoms with Gasteiger partial charge in [-0.05, 0) is 37.3 Å². The summed E-state index contributed by atoms with van der Waals surface area (Å²) in [7, 11) is 3.59. The third-order valence-electron chi connectivity index (χ3n) is 5.62. The first-order valence-electron chi connectivity index (χ1n) is 9.73. The maximum Gasteiger partial charge on any atom is 0.271 e. The zero-order valence-electron chi connectivity index (χ0n) is 16.4. The van der Waals surface area contributed by atoms with Crippen LogP contribution in [0.25, 0.3) is 0 Å². The maximum atomic E-state index is 12.5. The van der Waals surface area contributed by atoms with Crippen molar-refractivity contribution in [2.45, 2.75) is 32.9 Å². The summed E-state index contributed by atoms with van der Waals surface area (Å²) in [6, 6.07) is 8.38. The average Bonchev–Trinajstić information content (AvgIpc) is 2.83. The van der Waals surface area contributed by atoms with Crippen LogP contribution in [0.2, 0.25) is 0 Å². The molecular formula is C21H28N4O2. The molecule has 0 saturated heterocycles. The molecule has 2 aromatic rings. The Morgan fingerprint density at radius 2 is 2.11 bits per heavy atom. The molecule has 1 atom stereocenters. The Morgan fingerprint density at radius 3 is 2.93 bits per heavy atom. The lowest BCUT2D eigenvalue weighted by atomic mass is 9.96. The number of hydrogen-bond acceptors (Lipinski definition) is 4. The molecule has 0 spiro atoms. The fourth-order valence-electron chi connectivity index (χ4n) is 4.23. The molecule has 2 aliphatic heterocycles. The fourth-order valence-corrected chi connectivity index (χ4v) is 4.23. The molecule has 3 heterocycles. The number of imidazole rings is 1. The van der Waals surface area contributed by atoms with Crippen LogP contribution < -0.4 is 4.74 Å². The number of benzene rings is 1. The molecule has 1 aromatic carbocycles. The molecule has 0 N–H and O–H groups in total. The Hall–Kier alpha value is -2.34. The molecule has 0 saturated carbocycles. The molecule has 0 bridgehead atoms. The Balaban J connectivity index is 1.46. The smallest absolute Gasteiger partial charge is 0.271 e. The molecule has 27 heavy (non-hydrogen) atoms. The average molecular weight is 368 g/mol. The number of aryl methyl sites for hydroxylation is 1. The largest absolute Gasteiger partial charge is 0.493 e. The highest BCUT2D eigenvalue weighted by molar-refractivity contribution is 5.93. The zero-order valence-corrected chi connectivity index (χ0v) is 16.4. The van der Waals surface area contributed by atoms with E-state index in [2.05, 4.69) is 27.7 Å². The van der Waals surface area contributed by atoms with Crippen LogP contribution in [0.15, 0.2) is 24.3 Å². The van der Waals surface area contributed by atoms with Crippen molar-refractivity contribution < 1.29 is 9.53 Å². The lowest BCUT2D eigenvalue weighted by molar-refractivity contribution is 0.0810. The van der Waals surface area contributed by atoms with Gasteiger partial charge in [0.15, 0.2) is 0 Å². The maximum absolute atomic E-state index is 12.5. The van der Waals surface area contributed by atoms with Crippen LogP contribution in [0, 0.1) is 12.8 Å². The van der Waals surface area contributed by atoms with Crippen molar-refractivity contribution in [3.8, 4) is 5.75 Å². The van der Waals surface area contributed by atoms with Crippen molar-refractivity contribution in [1.29, 1.82) is 0 Å². The van der Waals surface area contributed by atoms with E-state index in [1.807, 2.05) is 13.0 Å². The highest BCUT2D eigenvalue weighted by Crippen LogP contribution is 2.28. The summed E-state index contributed by atoms with van der Waals surface area (Å²) >= 11 is 0. The molecule has 2 aliphatic rings. The number of rotatable bonds is 3. The van der Waals surface area contributed by atoms with Crippen LogP contribution >= 0.6 is 0 Å². The van der Waals surface area contributed by atoms with Gasteiger partial charge in [0.25, 0.3) is 5.91 Å². The quantitative estimate of drug-likeness (QED) is 0.835. The number of aromatic nitrogens is 2. The van der Waals surface area contributed by atoms with Gasteiger partial charge in [-0.15, -0.1) is 0 Å². The van der Waals surface area contributed by atoms with Gasteiger partial charge in [-0.1, -0.05) is 18.2 Å². The number of para-hydroxylation sites is 1. The Kier molecular flexibility index (Phi) is 4.91. The van der Waals surface area contributed by atoms with Crippen molar-refractivity contribution in [1.82, 2.24) is 19.4 Å². The number of carbonyl (C=O) groups is 1. The minimum Gasteiger partial charge on any atom is -0.493 e. The lowest BCUT2D eigenvalue weighted by Crippen LogP contribution is -2.39. The van der Waals surface area contributed by atoms with E-state index in [-0.39, 0.29) is 5.91 Å². The molecular weight excluding hydrogens is 340 g/mol. The van der Waals surface area contributed by atoms with E-state index < -0.39 is 0 Å². The first-order chi connectivity index (χ1) is 13.0. The standard InChI is InChI=1S/C21H28N4O2/c1-15-20(21(26)23(2)3)25-10-9-24(14-19(25)22-15)13-16-8-11-27-18-7-5-4-6-17(18)12-16/h4-7,16H,8-14H2,1-3H3. The summed E-state index contributed by atoms with van der Waals surface area (Å²) in [5.41, 5.74) is 2.89. The summed E-state index contributed by atoms with van der Waals surface area (Å²) in [5.74, 6) is 2.67. The van der Waals surface area contributed by atoms with E-state index in [1.165, 1.54) is 5.56 Å². The lowest BCUT2D eigenvalue weighted by Gasteiger charge is -2.31. The molecule has 4 rings (SSSR count). The van der Waals surface area contributed by atoms with Crippen molar-refractivity contribution in [2.75, 3.05) is 33.8 Å². The zero-order chi connectivity index (χ0) is 19.0. The number of carbonyl (C=O) groups excluding carboxylic acids is 1. The molecule has 6 heteroatoms. The molecule has 144 valence electrons. The van der Waals surface area contributed by atoms with Crippen LogP contribution in [-0.2, 0) is 19.5 Å². The summed E-state index contributed by atoms with van der Waals surface area (Å²) in [6.07, 6.45) is 2.13. The molecule has 0 radical (unpaired) electrons. The van der Waals surface area contributed by atoms with Crippen LogP contribution in [0.5, 0.6) is 5.75 Å². The van der Waals surface area contributed by atoms with Gasteiger partial charge in [-0.2, -0.15) is 0 Å². The molecule has 1 aromatic heterocycles. The van der Waals surface area contributed by atoms with E-state index in [9.17, 15) is 4.79 Å². The monoisotopic (exact) mass is 368 g/mol. The summed E-state index contributed by atoms with van der Waals surface area (Å²) in [5, 5.41) is 0. The normalized spacial score (nSPS) is 19.6. The third kappa shape index (κ3) is 3.58. The van der Waals surface area contributed by atoms with Gasteiger partial charge >= 0.3 is 0 Å². The Morgan fingerprint density at radius 1 is 1.30 bits per heavy atom. The highest BCUT2D eigenvalue weighted by Gasteiger charge is 2.28. The predicted octanol–water partition coefficient (Wildman–Crippen LogP) is 2.35. The fraction of sp³-hybridized carbons (Fsp3) is 0.524. The minimum atomic E-state index is 0.0391. The topological polar surface area (TPSA) is 50.6 Å². The van der Waals surface area contributed by atoms with Crippen molar-refractivity contribution >= 4 is 5.91 Å². The van der Waals surface area contributed by atoms with Crippen LogP contribution in [0.3, 0.4) is 0 Å². The van der Waals surface area contributed by atoms with Gasteiger partial charge in [0.2, 0.25) is 0 Å². The summed E-state index contributed by atoms with van der Waals surface area (Å²) < 4.78 is 8.03. The van der Waals surface area contributed by atoms with Crippen LogP contribution in [0.1, 0.15) is 34.0 Å². The van der Waals surface area contributed by atoms with E-state index >= 15 is 0 Å². The van der Waals surface area contributed by atoms with E-state index in [0.717, 1.165) is 68.6 Å². The summed E-state index contributed by atoms with van der Waals surface area (Å²) in [4.78, 5) is 21.3. The molecule has 6 nitrogen and oxygen atoms in total. The predicted molar refractivity (Wildman–Crippen MR) is 104 cm³/mol. The first kappa shape index (κ1) is 18.0. The molecule has 0 fully saturated rings. The second-order valence-electron chi connectivity index (χ2n) is 7.86. The number of hydrogen-bond donors (Lipinski definition) is 0. The number of nitrogens with zero attached hydrogens (tertiary/aromatic N) is 4. The van der Waals surface area contributed by atoms with Crippen molar-refractivity contribution in [3.05, 3.63) is 47.0 Å². The Labute approximate surface area is 160 Å². The second-order valence-corrected chi connectivity index (χ2v) is 7.86. The summed E-state index contributed by atoms with van der Waals surface area (Å²) in [6.45, 7) is 6.35. The molecule has 0 aliphatic carbocycles. The first-order valence-corrected chi connectivity index (χ1v) is 9.73. The van der Waals surface area contributed by atoms with Gasteiger partial charge < -0.3 is 14.2 Å². The van der Waals surface area contributed by atoms with E-state index in [1.54, 1.807) is 19.0 Å². The Bertz CT molecular complexity index is 843. The van der Waals surface area contributed by atoms with Crippen LogP contribution in [-0.4, -0.2) is 59.0 Å². The number of ether oxygens (including phenoxy) is 1. The van der Waals surface area contributed by atoms with Gasteiger partial charge in [-0.3, -0.25) is 9.69 Å². The van der Waals surface area contributed by atoms with Gasteiger partial charge in [0.1, 0.15) is 17.3 Å². The van der Waals surface area contributed by atoms with Crippen molar-refractivity contribution in [3.63, 3.8) is 0 Å². The van der Waals surface area contributed by atoms with Crippen LogP contribution in [0.4, 0.5) is 0 Å². The SMILES string of the molecule is Cc1nc2n(c1C(=O)N(C)C)CCN(CC1CCOc3ccccc3C1)C2. The van der Waals surface area contributed by atoms with Gasteiger partial charge in [0.05, 0.1) is 18.8 Å². The number of amides is 1. The number of fused-ring (bicyclic) bond motifs is 2. The van der Waals surface area contributed by atoms with Crippen molar-refractivity contribution in [2.24, 2.45) is 5.92 Å². The van der Waals surface area contributed by atoms with E-state index in [0.29, 0.717) is 5.92 Å².